The molecule has 4 nitrogen and oxygen atoms in total. The molecular weight excluding hydrogens is 284 g/mol. The summed E-state index contributed by atoms with van der Waals surface area (Å²) >= 11 is 5.84. The first-order valence-corrected chi connectivity index (χ1v) is 7.80. The van der Waals surface area contributed by atoms with Gasteiger partial charge < -0.3 is 11.1 Å². The summed E-state index contributed by atoms with van der Waals surface area (Å²) in [5.74, 6) is 0.472. The highest BCUT2D eigenvalue weighted by atomic mass is 35.5. The number of benzene rings is 1. The minimum atomic E-state index is -1.20. The summed E-state index contributed by atoms with van der Waals surface area (Å²) in [4.78, 5) is 12.0. The lowest BCUT2D eigenvalue weighted by Crippen LogP contribution is -2.31. The molecule has 0 saturated heterocycles. The molecule has 1 aromatic rings. The van der Waals surface area contributed by atoms with Crippen LogP contribution >= 0.6 is 11.6 Å². The predicted molar refractivity (Wildman–Crippen MR) is 81.8 cm³/mol. The first-order valence-electron chi connectivity index (χ1n) is 6.04. The zero-order chi connectivity index (χ0) is 14.6. The predicted octanol–water partition coefficient (Wildman–Crippen LogP) is 2.65. The molecule has 0 aliphatic heterocycles. The van der Waals surface area contributed by atoms with Crippen LogP contribution in [0.15, 0.2) is 18.2 Å². The van der Waals surface area contributed by atoms with Crippen LogP contribution in [-0.4, -0.2) is 21.1 Å². The minimum Gasteiger partial charge on any atom is -0.397 e. The van der Waals surface area contributed by atoms with Gasteiger partial charge in [-0.25, -0.2) is 0 Å². The molecule has 6 heteroatoms. The van der Waals surface area contributed by atoms with Gasteiger partial charge in [-0.3, -0.25) is 9.00 Å². The van der Waals surface area contributed by atoms with E-state index in [1.165, 1.54) is 0 Å². The molecule has 0 aromatic heterocycles. The van der Waals surface area contributed by atoms with Crippen LogP contribution in [0, 0.1) is 5.92 Å². The lowest BCUT2D eigenvalue weighted by Gasteiger charge is -2.14. The van der Waals surface area contributed by atoms with E-state index < -0.39 is 16.0 Å². The minimum absolute atomic E-state index is 0.285. The molecule has 0 spiro atoms. The maximum Gasteiger partial charge on any atom is 0.239 e. The Hall–Kier alpha value is -1.07. The summed E-state index contributed by atoms with van der Waals surface area (Å²) < 4.78 is 11.9. The van der Waals surface area contributed by atoms with Crippen LogP contribution in [0.2, 0.25) is 5.02 Å². The molecule has 2 unspecified atom stereocenters. The molecule has 1 rings (SSSR count). The summed E-state index contributed by atoms with van der Waals surface area (Å²) in [6.45, 7) is 5.59. The van der Waals surface area contributed by atoms with Gasteiger partial charge in [0.1, 0.15) is 5.25 Å². The van der Waals surface area contributed by atoms with Gasteiger partial charge in [-0.2, -0.15) is 0 Å². The molecule has 1 amide bonds. The fourth-order valence-electron chi connectivity index (χ4n) is 1.46. The Morgan fingerprint density at radius 1 is 1.42 bits per heavy atom. The number of rotatable bonds is 5. The van der Waals surface area contributed by atoms with Crippen LogP contribution in [0.1, 0.15) is 20.8 Å². The molecule has 0 heterocycles. The Morgan fingerprint density at radius 3 is 2.63 bits per heavy atom. The Morgan fingerprint density at radius 2 is 2.05 bits per heavy atom. The molecule has 1 aromatic carbocycles. The highest BCUT2D eigenvalue weighted by Gasteiger charge is 2.21. The van der Waals surface area contributed by atoms with Gasteiger partial charge >= 0.3 is 0 Å². The van der Waals surface area contributed by atoms with E-state index in [0.717, 1.165) is 0 Å². The van der Waals surface area contributed by atoms with Crippen LogP contribution in [0.3, 0.4) is 0 Å². The molecule has 106 valence electrons. The van der Waals surface area contributed by atoms with Crippen LogP contribution in [0.25, 0.3) is 0 Å². The van der Waals surface area contributed by atoms with E-state index in [-0.39, 0.29) is 11.8 Å². The summed E-state index contributed by atoms with van der Waals surface area (Å²) in [7, 11) is -1.20. The zero-order valence-electron chi connectivity index (χ0n) is 11.3. The van der Waals surface area contributed by atoms with Crippen molar-refractivity contribution < 1.29 is 9.00 Å². The maximum atomic E-state index is 12.0. The van der Waals surface area contributed by atoms with Gasteiger partial charge in [-0.05, 0) is 31.0 Å². The fourth-order valence-corrected chi connectivity index (χ4v) is 2.88. The number of anilines is 2. The second-order valence-electron chi connectivity index (χ2n) is 4.80. The first-order chi connectivity index (χ1) is 8.81. The molecule has 0 radical (unpaired) electrons. The van der Waals surface area contributed by atoms with Crippen molar-refractivity contribution in [3.05, 3.63) is 23.2 Å². The number of nitrogen functional groups attached to an aromatic ring is 1. The third-order valence-electron chi connectivity index (χ3n) is 2.53. The van der Waals surface area contributed by atoms with Crippen LogP contribution < -0.4 is 11.1 Å². The van der Waals surface area contributed by atoms with Crippen LogP contribution in [0.4, 0.5) is 11.4 Å². The molecule has 0 bridgehead atoms. The molecule has 0 fully saturated rings. The largest absolute Gasteiger partial charge is 0.397 e. The van der Waals surface area contributed by atoms with Crippen LogP contribution in [-0.2, 0) is 15.6 Å². The van der Waals surface area contributed by atoms with Gasteiger partial charge in [-0.1, -0.05) is 25.4 Å². The summed E-state index contributed by atoms with van der Waals surface area (Å²) in [5, 5.41) is 2.57. The van der Waals surface area contributed by atoms with Crippen molar-refractivity contribution >= 4 is 39.7 Å². The molecule has 0 saturated carbocycles. The fraction of sp³-hybridized carbons (Fsp3) is 0.462. The maximum absolute atomic E-state index is 12.0. The molecule has 3 N–H and O–H groups in total. The summed E-state index contributed by atoms with van der Waals surface area (Å²) in [5.41, 5.74) is 6.63. The number of carbonyl (C=O) groups is 1. The monoisotopic (exact) mass is 302 g/mol. The average molecular weight is 303 g/mol. The van der Waals surface area contributed by atoms with E-state index in [1.807, 2.05) is 13.8 Å². The van der Waals surface area contributed by atoms with E-state index in [0.29, 0.717) is 22.2 Å². The van der Waals surface area contributed by atoms with Crippen molar-refractivity contribution in [1.29, 1.82) is 0 Å². The Bertz CT molecular complexity index is 492. The second-order valence-corrected chi connectivity index (χ2v) is 7.04. The number of halogens is 1. The Labute approximate surface area is 121 Å². The number of hydrogen-bond donors (Lipinski definition) is 2. The smallest absolute Gasteiger partial charge is 0.239 e. The van der Waals surface area contributed by atoms with Crippen molar-refractivity contribution in [2.24, 2.45) is 5.92 Å². The van der Waals surface area contributed by atoms with E-state index in [1.54, 1.807) is 25.1 Å². The highest BCUT2D eigenvalue weighted by molar-refractivity contribution is 7.86. The van der Waals surface area contributed by atoms with Gasteiger partial charge in [0.05, 0.1) is 11.4 Å². The van der Waals surface area contributed by atoms with Crippen LogP contribution in [0.5, 0.6) is 0 Å². The van der Waals surface area contributed by atoms with Crippen molar-refractivity contribution in [3.63, 3.8) is 0 Å². The number of carbonyl (C=O) groups excluding carboxylic acids is 1. The lowest BCUT2D eigenvalue weighted by atomic mass is 10.2. The number of amides is 1. The van der Waals surface area contributed by atoms with E-state index in [2.05, 4.69) is 5.32 Å². The van der Waals surface area contributed by atoms with E-state index in [4.69, 9.17) is 17.3 Å². The van der Waals surface area contributed by atoms with Crippen molar-refractivity contribution in [2.45, 2.75) is 26.0 Å². The first kappa shape index (κ1) is 16.0. The van der Waals surface area contributed by atoms with E-state index in [9.17, 15) is 9.00 Å². The van der Waals surface area contributed by atoms with Crippen molar-refractivity contribution in [1.82, 2.24) is 0 Å². The Balaban J connectivity index is 2.74. The molecule has 0 aliphatic carbocycles. The summed E-state index contributed by atoms with van der Waals surface area (Å²) in [6, 6.07) is 4.84. The highest BCUT2D eigenvalue weighted by Crippen LogP contribution is 2.23. The van der Waals surface area contributed by atoms with E-state index >= 15 is 0 Å². The topological polar surface area (TPSA) is 72.2 Å². The SMILES string of the molecule is CC(C)CS(=O)C(C)C(=O)Nc1cc(Cl)ccc1N. The van der Waals surface area contributed by atoms with Crippen molar-refractivity contribution in [2.75, 3.05) is 16.8 Å². The Kier molecular flexibility index (Phi) is 5.82. The van der Waals surface area contributed by atoms with Gasteiger partial charge in [-0.15, -0.1) is 0 Å². The third kappa shape index (κ3) is 4.84. The normalized spacial score (nSPS) is 14.2. The quantitative estimate of drug-likeness (QED) is 0.821. The molecule has 19 heavy (non-hydrogen) atoms. The number of nitrogens with two attached hydrogens (primary N) is 1. The standard InChI is InChI=1S/C13H19ClN2O2S/c1-8(2)7-19(18)9(3)13(17)16-12-6-10(14)4-5-11(12)15/h4-6,8-9H,7,15H2,1-3H3,(H,16,17). The van der Waals surface area contributed by atoms with Gasteiger partial charge in [0.15, 0.2) is 0 Å². The van der Waals surface area contributed by atoms with Gasteiger partial charge in [0.2, 0.25) is 5.91 Å². The zero-order valence-corrected chi connectivity index (χ0v) is 12.8. The molecular formula is C13H19ClN2O2S. The van der Waals surface area contributed by atoms with Crippen molar-refractivity contribution in [3.8, 4) is 0 Å². The molecule has 0 aliphatic rings. The molecule has 2 atom stereocenters. The van der Waals surface area contributed by atoms with Gasteiger partial charge in [0.25, 0.3) is 0 Å². The number of hydrogen-bond acceptors (Lipinski definition) is 3. The second kappa shape index (κ2) is 6.91. The van der Waals surface area contributed by atoms with Gasteiger partial charge in [0, 0.05) is 21.6 Å². The third-order valence-corrected chi connectivity index (χ3v) is 4.77. The average Bonchev–Trinajstić information content (AvgIpc) is 2.31. The summed E-state index contributed by atoms with van der Waals surface area (Å²) in [6.07, 6.45) is 0. The number of nitrogens with one attached hydrogen (secondary N) is 1. The lowest BCUT2D eigenvalue weighted by molar-refractivity contribution is -0.115.